The summed E-state index contributed by atoms with van der Waals surface area (Å²) in [6.45, 7) is 2.57. The summed E-state index contributed by atoms with van der Waals surface area (Å²) in [6.07, 6.45) is 0. The Morgan fingerprint density at radius 3 is 2.83 bits per heavy atom. The number of hydrogen-bond donors (Lipinski definition) is 2. The topological polar surface area (TPSA) is 32.3 Å². The largest absolute Gasteiger partial charge is 0.506 e. The molecule has 2 nitrogen and oxygen atoms in total. The molecule has 0 heterocycles. The van der Waals surface area contributed by atoms with Gasteiger partial charge < -0.3 is 10.4 Å². The van der Waals surface area contributed by atoms with Gasteiger partial charge in [-0.1, -0.05) is 45.7 Å². The highest BCUT2D eigenvalue weighted by molar-refractivity contribution is 9.10. The van der Waals surface area contributed by atoms with E-state index in [4.69, 9.17) is 11.6 Å². The summed E-state index contributed by atoms with van der Waals surface area (Å²) in [6, 6.07) is 11.4. The van der Waals surface area contributed by atoms with Crippen LogP contribution >= 0.6 is 27.5 Å². The molecule has 2 aromatic rings. The maximum atomic E-state index is 9.82. The Labute approximate surface area is 120 Å². The molecule has 0 aliphatic heterocycles. The molecule has 2 rings (SSSR count). The van der Waals surface area contributed by atoms with Crippen LogP contribution in [0.5, 0.6) is 5.75 Å². The Bertz CT molecular complexity index is 570. The molecule has 0 bridgehead atoms. The molecule has 18 heavy (non-hydrogen) atoms. The second-order valence-electron chi connectivity index (χ2n) is 4.06. The van der Waals surface area contributed by atoms with Crippen LogP contribution in [0.25, 0.3) is 0 Å². The summed E-state index contributed by atoms with van der Waals surface area (Å²) in [5.74, 6) is 0.138. The number of nitrogens with one attached hydrogen (secondary N) is 1. The van der Waals surface area contributed by atoms with Crippen LogP contribution in [0.1, 0.15) is 11.1 Å². The average molecular weight is 327 g/mol. The third-order valence-corrected chi connectivity index (χ3v) is 3.54. The van der Waals surface area contributed by atoms with Crippen LogP contribution in [0, 0.1) is 6.92 Å². The summed E-state index contributed by atoms with van der Waals surface area (Å²) < 4.78 is 1.02. The third kappa shape index (κ3) is 2.98. The first-order chi connectivity index (χ1) is 8.58. The maximum absolute atomic E-state index is 9.82. The molecule has 0 aliphatic rings. The van der Waals surface area contributed by atoms with E-state index in [9.17, 15) is 5.11 Å². The third-order valence-electron chi connectivity index (χ3n) is 2.74. The quantitative estimate of drug-likeness (QED) is 0.854. The van der Waals surface area contributed by atoms with Crippen molar-refractivity contribution in [3.63, 3.8) is 0 Å². The molecule has 2 aromatic carbocycles. The summed E-state index contributed by atoms with van der Waals surface area (Å²) in [7, 11) is 0. The molecule has 0 spiro atoms. The van der Waals surface area contributed by atoms with Crippen LogP contribution < -0.4 is 5.32 Å². The first-order valence-electron chi connectivity index (χ1n) is 5.54. The van der Waals surface area contributed by atoms with Crippen molar-refractivity contribution < 1.29 is 5.11 Å². The fourth-order valence-electron chi connectivity index (χ4n) is 1.68. The zero-order chi connectivity index (χ0) is 13.1. The summed E-state index contributed by atoms with van der Waals surface area (Å²) in [5, 5.41) is 13.5. The van der Waals surface area contributed by atoms with Gasteiger partial charge in [0, 0.05) is 22.3 Å². The number of anilines is 1. The van der Waals surface area contributed by atoms with Crippen LogP contribution in [-0.2, 0) is 6.54 Å². The van der Waals surface area contributed by atoms with Gasteiger partial charge in [0.25, 0.3) is 0 Å². The fourth-order valence-corrected chi connectivity index (χ4v) is 2.23. The summed E-state index contributed by atoms with van der Waals surface area (Å²) in [5.41, 5.74) is 2.96. The van der Waals surface area contributed by atoms with Crippen LogP contribution in [0.15, 0.2) is 40.9 Å². The first-order valence-corrected chi connectivity index (χ1v) is 6.71. The molecular weight excluding hydrogens is 314 g/mol. The molecule has 0 aliphatic carbocycles. The van der Waals surface area contributed by atoms with Crippen molar-refractivity contribution in [3.8, 4) is 5.75 Å². The Balaban J connectivity index is 2.16. The number of aryl methyl sites for hydroxylation is 1. The number of phenols is 1. The molecule has 0 radical (unpaired) electrons. The Morgan fingerprint density at radius 2 is 2.06 bits per heavy atom. The number of benzene rings is 2. The fraction of sp³-hybridized carbons (Fsp3) is 0.143. The van der Waals surface area contributed by atoms with Crippen molar-refractivity contribution in [3.05, 3.63) is 57.0 Å². The molecule has 0 aromatic heterocycles. The normalized spacial score (nSPS) is 10.4. The van der Waals surface area contributed by atoms with Gasteiger partial charge >= 0.3 is 0 Å². The van der Waals surface area contributed by atoms with Gasteiger partial charge in [-0.05, 0) is 30.7 Å². The minimum atomic E-state index is 0.138. The Hall–Kier alpha value is -1.19. The lowest BCUT2D eigenvalue weighted by Gasteiger charge is -2.11. The second kappa shape index (κ2) is 5.63. The van der Waals surface area contributed by atoms with Gasteiger partial charge in [-0.15, -0.1) is 0 Å². The molecule has 0 saturated heterocycles. The lowest BCUT2D eigenvalue weighted by Crippen LogP contribution is -2.01. The van der Waals surface area contributed by atoms with E-state index in [0.29, 0.717) is 11.6 Å². The SMILES string of the molecule is Cc1ccc(Br)cc1NCc1cccc(Cl)c1O. The minimum Gasteiger partial charge on any atom is -0.506 e. The molecule has 0 amide bonds. The number of aromatic hydroxyl groups is 1. The van der Waals surface area contributed by atoms with E-state index in [-0.39, 0.29) is 5.75 Å². The van der Waals surface area contributed by atoms with Gasteiger partial charge in [0.2, 0.25) is 0 Å². The summed E-state index contributed by atoms with van der Waals surface area (Å²) >= 11 is 9.30. The van der Waals surface area contributed by atoms with Crippen molar-refractivity contribution in [1.29, 1.82) is 0 Å². The number of rotatable bonds is 3. The molecule has 0 fully saturated rings. The maximum Gasteiger partial charge on any atom is 0.139 e. The molecular formula is C14H13BrClNO. The van der Waals surface area contributed by atoms with Crippen LogP contribution in [-0.4, -0.2) is 5.11 Å². The van der Waals surface area contributed by atoms with Gasteiger partial charge in [-0.25, -0.2) is 0 Å². The minimum absolute atomic E-state index is 0.138. The van der Waals surface area contributed by atoms with Crippen molar-refractivity contribution in [2.45, 2.75) is 13.5 Å². The van der Waals surface area contributed by atoms with E-state index in [0.717, 1.165) is 21.3 Å². The second-order valence-corrected chi connectivity index (χ2v) is 5.38. The Kier molecular flexibility index (Phi) is 4.15. The first kappa shape index (κ1) is 13.2. The van der Waals surface area contributed by atoms with Crippen LogP contribution in [0.4, 0.5) is 5.69 Å². The number of phenolic OH excluding ortho intramolecular Hbond substituents is 1. The smallest absolute Gasteiger partial charge is 0.139 e. The zero-order valence-electron chi connectivity index (χ0n) is 9.87. The van der Waals surface area contributed by atoms with Crippen molar-refractivity contribution in [1.82, 2.24) is 0 Å². The van der Waals surface area contributed by atoms with Gasteiger partial charge in [0.15, 0.2) is 0 Å². The Morgan fingerprint density at radius 1 is 1.28 bits per heavy atom. The van der Waals surface area contributed by atoms with Gasteiger partial charge in [0.1, 0.15) is 5.75 Å². The number of hydrogen-bond acceptors (Lipinski definition) is 2. The predicted molar refractivity (Wildman–Crippen MR) is 79.3 cm³/mol. The van der Waals surface area contributed by atoms with E-state index in [1.807, 2.05) is 37.3 Å². The molecule has 4 heteroatoms. The highest BCUT2D eigenvalue weighted by Gasteiger charge is 2.05. The van der Waals surface area contributed by atoms with E-state index >= 15 is 0 Å². The molecule has 0 saturated carbocycles. The average Bonchev–Trinajstić information content (AvgIpc) is 2.35. The molecule has 0 unspecified atom stereocenters. The van der Waals surface area contributed by atoms with Crippen molar-refractivity contribution in [2.75, 3.05) is 5.32 Å². The van der Waals surface area contributed by atoms with Crippen molar-refractivity contribution in [2.24, 2.45) is 0 Å². The van der Waals surface area contributed by atoms with Crippen molar-refractivity contribution >= 4 is 33.2 Å². The van der Waals surface area contributed by atoms with Crippen LogP contribution in [0.3, 0.4) is 0 Å². The van der Waals surface area contributed by atoms with E-state index in [1.54, 1.807) is 6.07 Å². The lowest BCUT2D eigenvalue weighted by molar-refractivity contribution is 0.469. The zero-order valence-corrected chi connectivity index (χ0v) is 12.2. The van der Waals surface area contributed by atoms with E-state index in [1.165, 1.54) is 0 Å². The summed E-state index contributed by atoms with van der Waals surface area (Å²) in [4.78, 5) is 0. The molecule has 0 atom stereocenters. The van der Waals surface area contributed by atoms with E-state index < -0.39 is 0 Å². The van der Waals surface area contributed by atoms with Gasteiger partial charge in [0.05, 0.1) is 5.02 Å². The monoisotopic (exact) mass is 325 g/mol. The lowest BCUT2D eigenvalue weighted by atomic mass is 10.1. The highest BCUT2D eigenvalue weighted by Crippen LogP contribution is 2.28. The predicted octanol–water partition coefficient (Wildman–Crippen LogP) is 4.73. The highest BCUT2D eigenvalue weighted by atomic mass is 79.9. The molecule has 2 N–H and O–H groups in total. The standard InChI is InChI=1S/C14H13BrClNO/c1-9-5-6-11(15)7-13(9)17-8-10-3-2-4-12(16)14(10)18/h2-7,17-18H,8H2,1H3. The van der Waals surface area contributed by atoms with Gasteiger partial charge in [-0.2, -0.15) is 0 Å². The van der Waals surface area contributed by atoms with Crippen LogP contribution in [0.2, 0.25) is 5.02 Å². The number of para-hydroxylation sites is 1. The van der Waals surface area contributed by atoms with E-state index in [2.05, 4.69) is 21.2 Å². The van der Waals surface area contributed by atoms with Gasteiger partial charge in [-0.3, -0.25) is 0 Å². The number of halogens is 2. The molecule has 94 valence electrons.